The van der Waals surface area contributed by atoms with Gasteiger partial charge in [-0.15, -0.1) is 0 Å². The monoisotopic (exact) mass is 226 g/mol. The quantitative estimate of drug-likeness (QED) is 0.655. The molecule has 0 aromatic heterocycles. The molecule has 1 nitrogen and oxygen atoms in total. The second kappa shape index (κ2) is 4.81. The number of carbonyl (C=O) groups excluding carboxylic acids is 1. The fourth-order valence-corrected chi connectivity index (χ4v) is 3.86. The van der Waals surface area contributed by atoms with Crippen LogP contribution in [0.15, 0.2) is 0 Å². The van der Waals surface area contributed by atoms with Crippen LogP contribution in [0, 0.1) is 5.41 Å². The van der Waals surface area contributed by atoms with Crippen molar-refractivity contribution >= 4 is 13.9 Å². The molecular weight excluding hydrogens is 200 g/mol. The standard InChI is InChI=1S/C13H26OSi/c1-13(8-5-7-12(14)11-13)9-6-10-15(2,3)4/h5-11H2,1-4H3. The molecule has 1 saturated carbocycles. The van der Waals surface area contributed by atoms with Gasteiger partial charge in [-0.3, -0.25) is 4.79 Å². The van der Waals surface area contributed by atoms with Gasteiger partial charge in [0.15, 0.2) is 0 Å². The van der Waals surface area contributed by atoms with Gasteiger partial charge in [0.25, 0.3) is 0 Å². The van der Waals surface area contributed by atoms with Crippen LogP contribution in [0.5, 0.6) is 0 Å². The number of ketones is 1. The summed E-state index contributed by atoms with van der Waals surface area (Å²) in [4.78, 5) is 11.4. The molecule has 1 fully saturated rings. The van der Waals surface area contributed by atoms with Crippen LogP contribution < -0.4 is 0 Å². The fraction of sp³-hybridized carbons (Fsp3) is 0.923. The van der Waals surface area contributed by atoms with Crippen LogP contribution in [-0.2, 0) is 4.79 Å². The van der Waals surface area contributed by atoms with Crippen LogP contribution >= 0.6 is 0 Å². The largest absolute Gasteiger partial charge is 0.300 e. The van der Waals surface area contributed by atoms with Gasteiger partial charge in [-0.05, 0) is 24.7 Å². The minimum Gasteiger partial charge on any atom is -0.300 e. The third kappa shape index (κ3) is 4.96. The molecule has 1 rings (SSSR count). The van der Waals surface area contributed by atoms with Gasteiger partial charge in [0, 0.05) is 20.9 Å². The number of carbonyl (C=O) groups is 1. The zero-order valence-electron chi connectivity index (χ0n) is 10.9. The number of Topliss-reactive ketones (excluding diaryl/α,β-unsaturated/α-hetero) is 1. The highest BCUT2D eigenvalue weighted by molar-refractivity contribution is 6.76. The van der Waals surface area contributed by atoms with E-state index >= 15 is 0 Å². The molecule has 0 aromatic carbocycles. The first-order valence-corrected chi connectivity index (χ1v) is 10.0. The maximum atomic E-state index is 11.4. The summed E-state index contributed by atoms with van der Waals surface area (Å²) in [7, 11) is -0.877. The Bertz CT molecular complexity index is 229. The number of hydrogen-bond donors (Lipinski definition) is 0. The highest BCUT2D eigenvalue weighted by Crippen LogP contribution is 2.39. The first kappa shape index (κ1) is 13.0. The van der Waals surface area contributed by atoms with E-state index < -0.39 is 8.07 Å². The van der Waals surface area contributed by atoms with Crippen LogP contribution in [0.1, 0.15) is 45.4 Å². The molecule has 1 aliphatic rings. The van der Waals surface area contributed by atoms with Crippen molar-refractivity contribution in [2.24, 2.45) is 5.41 Å². The van der Waals surface area contributed by atoms with Gasteiger partial charge in [-0.1, -0.05) is 39.0 Å². The predicted octanol–water partition coefficient (Wildman–Crippen LogP) is 4.25. The predicted molar refractivity (Wildman–Crippen MR) is 69.0 cm³/mol. The molecule has 0 bridgehead atoms. The molecule has 1 atom stereocenters. The lowest BCUT2D eigenvalue weighted by Crippen LogP contribution is -2.27. The second-order valence-electron chi connectivity index (χ2n) is 6.79. The van der Waals surface area contributed by atoms with E-state index in [0.29, 0.717) is 11.2 Å². The molecule has 15 heavy (non-hydrogen) atoms. The van der Waals surface area contributed by atoms with Gasteiger partial charge in [0.05, 0.1) is 0 Å². The third-order valence-corrected chi connectivity index (χ3v) is 5.42. The molecule has 0 amide bonds. The summed E-state index contributed by atoms with van der Waals surface area (Å²) in [6.07, 6.45) is 6.68. The lowest BCUT2D eigenvalue weighted by Gasteiger charge is -2.33. The van der Waals surface area contributed by atoms with E-state index in [0.717, 1.165) is 19.3 Å². The van der Waals surface area contributed by atoms with E-state index in [9.17, 15) is 4.79 Å². The normalized spacial score (nSPS) is 28.1. The smallest absolute Gasteiger partial charge is 0.133 e. The summed E-state index contributed by atoms with van der Waals surface area (Å²) < 4.78 is 0. The molecule has 88 valence electrons. The summed E-state index contributed by atoms with van der Waals surface area (Å²) in [5.74, 6) is 0.497. The Labute approximate surface area is 95.7 Å². The van der Waals surface area contributed by atoms with Gasteiger partial charge in [0.1, 0.15) is 5.78 Å². The molecule has 2 heteroatoms. The Morgan fingerprint density at radius 1 is 1.33 bits per heavy atom. The Kier molecular flexibility index (Phi) is 4.16. The van der Waals surface area contributed by atoms with Crippen molar-refractivity contribution in [3.63, 3.8) is 0 Å². The van der Waals surface area contributed by atoms with Gasteiger partial charge < -0.3 is 0 Å². The van der Waals surface area contributed by atoms with Gasteiger partial charge in [0.2, 0.25) is 0 Å². The maximum Gasteiger partial charge on any atom is 0.133 e. The molecule has 0 heterocycles. The van der Waals surface area contributed by atoms with Crippen LogP contribution in [-0.4, -0.2) is 13.9 Å². The van der Waals surface area contributed by atoms with Crippen LogP contribution in [0.25, 0.3) is 0 Å². The molecular formula is C13H26OSi. The molecule has 0 saturated heterocycles. The molecule has 1 unspecified atom stereocenters. The van der Waals surface area contributed by atoms with E-state index in [1.165, 1.54) is 25.3 Å². The highest BCUT2D eigenvalue weighted by atomic mass is 28.3. The van der Waals surface area contributed by atoms with Crippen LogP contribution in [0.2, 0.25) is 25.7 Å². The number of hydrogen-bond acceptors (Lipinski definition) is 1. The van der Waals surface area contributed by atoms with Crippen LogP contribution in [0.3, 0.4) is 0 Å². The minimum atomic E-state index is -0.877. The number of rotatable bonds is 4. The van der Waals surface area contributed by atoms with E-state index in [4.69, 9.17) is 0 Å². The Morgan fingerprint density at radius 3 is 2.53 bits per heavy atom. The van der Waals surface area contributed by atoms with Gasteiger partial charge in [-0.2, -0.15) is 0 Å². The average molecular weight is 226 g/mol. The highest BCUT2D eigenvalue weighted by Gasteiger charge is 2.30. The summed E-state index contributed by atoms with van der Waals surface area (Å²) >= 11 is 0. The van der Waals surface area contributed by atoms with Crippen molar-refractivity contribution in [1.82, 2.24) is 0 Å². The summed E-state index contributed by atoms with van der Waals surface area (Å²) in [6, 6.07) is 1.41. The fourth-order valence-electron chi connectivity index (χ4n) is 2.62. The van der Waals surface area contributed by atoms with Crippen molar-refractivity contribution < 1.29 is 4.79 Å². The first-order chi connectivity index (χ1) is 6.81. The van der Waals surface area contributed by atoms with Crippen molar-refractivity contribution in [1.29, 1.82) is 0 Å². The lowest BCUT2D eigenvalue weighted by atomic mass is 9.72. The Balaban J connectivity index is 2.33. The zero-order valence-corrected chi connectivity index (χ0v) is 11.9. The minimum absolute atomic E-state index is 0.342. The lowest BCUT2D eigenvalue weighted by molar-refractivity contribution is -0.123. The summed E-state index contributed by atoms with van der Waals surface area (Å²) in [5.41, 5.74) is 0.342. The van der Waals surface area contributed by atoms with Gasteiger partial charge >= 0.3 is 0 Å². The zero-order chi connectivity index (χ0) is 11.5. The topological polar surface area (TPSA) is 17.1 Å². The molecule has 0 N–H and O–H groups in total. The molecule has 0 radical (unpaired) electrons. The second-order valence-corrected chi connectivity index (χ2v) is 12.4. The van der Waals surface area contributed by atoms with E-state index in [-0.39, 0.29) is 0 Å². The SMILES string of the molecule is CC1(CCC[Si](C)(C)C)CCCC(=O)C1. The van der Waals surface area contributed by atoms with E-state index in [2.05, 4.69) is 26.6 Å². The van der Waals surface area contributed by atoms with Crippen molar-refractivity contribution in [2.45, 2.75) is 71.1 Å². The van der Waals surface area contributed by atoms with Crippen molar-refractivity contribution in [2.75, 3.05) is 0 Å². The molecule has 0 aromatic rings. The maximum absolute atomic E-state index is 11.4. The third-order valence-electron chi connectivity index (χ3n) is 3.57. The summed E-state index contributed by atoms with van der Waals surface area (Å²) in [6.45, 7) is 9.61. The molecule has 0 aliphatic heterocycles. The first-order valence-electron chi connectivity index (χ1n) is 6.33. The van der Waals surface area contributed by atoms with Crippen molar-refractivity contribution in [3.8, 4) is 0 Å². The Morgan fingerprint density at radius 2 is 2.00 bits per heavy atom. The average Bonchev–Trinajstić information content (AvgIpc) is 1.99. The van der Waals surface area contributed by atoms with Gasteiger partial charge in [-0.25, -0.2) is 0 Å². The summed E-state index contributed by atoms with van der Waals surface area (Å²) in [5, 5.41) is 0. The van der Waals surface area contributed by atoms with Crippen molar-refractivity contribution in [3.05, 3.63) is 0 Å². The van der Waals surface area contributed by atoms with Crippen LogP contribution in [0.4, 0.5) is 0 Å². The molecule has 1 aliphatic carbocycles. The van der Waals surface area contributed by atoms with E-state index in [1.807, 2.05) is 0 Å². The Hall–Kier alpha value is -0.113. The molecule has 0 spiro atoms. The van der Waals surface area contributed by atoms with E-state index in [1.54, 1.807) is 0 Å².